The summed E-state index contributed by atoms with van der Waals surface area (Å²) < 4.78 is 5.76. The molecule has 1 rings (SSSR count). The smallest absolute Gasteiger partial charge is 0.0946 e. The molecule has 0 saturated carbocycles. The average Bonchev–Trinajstić information content (AvgIpc) is 2.73. The molecule has 2 unspecified atom stereocenters. The number of benzene rings is 1. The second-order valence-electron chi connectivity index (χ2n) is 7.83. The first kappa shape index (κ1) is 25.1. The Kier molecular flexibility index (Phi) is 16.2. The molecule has 0 aliphatic rings. The molecule has 1 aromatic carbocycles. The highest BCUT2D eigenvalue weighted by Crippen LogP contribution is 2.11. The van der Waals surface area contributed by atoms with Crippen LogP contribution in [-0.2, 0) is 11.3 Å². The lowest BCUT2D eigenvalue weighted by Gasteiger charge is -2.23. The second kappa shape index (κ2) is 18.1. The first-order chi connectivity index (χ1) is 13.8. The third-order valence-corrected chi connectivity index (χ3v) is 5.25. The van der Waals surface area contributed by atoms with Gasteiger partial charge < -0.3 is 20.3 Å². The zero-order valence-electron chi connectivity index (χ0n) is 18.0. The molecule has 2 atom stereocenters. The summed E-state index contributed by atoms with van der Waals surface area (Å²) in [7, 11) is 0. The average molecular weight is 394 g/mol. The lowest BCUT2D eigenvalue weighted by Crippen LogP contribution is -2.45. The van der Waals surface area contributed by atoms with Crippen molar-refractivity contribution in [3.8, 4) is 0 Å². The van der Waals surface area contributed by atoms with Gasteiger partial charge in [-0.2, -0.15) is 0 Å². The highest BCUT2D eigenvalue weighted by atomic mass is 16.5. The van der Waals surface area contributed by atoms with Crippen molar-refractivity contribution in [2.75, 3.05) is 19.8 Å². The summed E-state index contributed by atoms with van der Waals surface area (Å²) in [4.78, 5) is 0. The van der Waals surface area contributed by atoms with Crippen molar-refractivity contribution in [3.63, 3.8) is 0 Å². The van der Waals surface area contributed by atoms with E-state index in [1.54, 1.807) is 0 Å². The van der Waals surface area contributed by atoms with Crippen LogP contribution in [0.1, 0.15) is 83.1 Å². The van der Waals surface area contributed by atoms with Crippen LogP contribution >= 0.6 is 0 Å². The van der Waals surface area contributed by atoms with Crippen molar-refractivity contribution < 1.29 is 14.9 Å². The van der Waals surface area contributed by atoms with E-state index < -0.39 is 6.10 Å². The summed E-state index contributed by atoms with van der Waals surface area (Å²) in [6.45, 7) is 3.81. The van der Waals surface area contributed by atoms with Gasteiger partial charge in [-0.05, 0) is 12.0 Å². The van der Waals surface area contributed by atoms with Gasteiger partial charge in [-0.1, -0.05) is 101 Å². The molecule has 0 aliphatic heterocycles. The first-order valence-electron chi connectivity index (χ1n) is 11.4. The van der Waals surface area contributed by atoms with Crippen LogP contribution in [0.25, 0.3) is 0 Å². The van der Waals surface area contributed by atoms with Crippen molar-refractivity contribution in [3.05, 3.63) is 35.9 Å². The van der Waals surface area contributed by atoms with Crippen molar-refractivity contribution in [1.29, 1.82) is 0 Å². The quantitative estimate of drug-likeness (QED) is 0.295. The molecule has 0 saturated heterocycles. The fourth-order valence-electron chi connectivity index (χ4n) is 3.36. The Morgan fingerprint density at radius 3 is 2.00 bits per heavy atom. The van der Waals surface area contributed by atoms with Gasteiger partial charge in [0.25, 0.3) is 0 Å². The number of rotatable bonds is 19. The number of aliphatic hydroxyl groups is 2. The second-order valence-corrected chi connectivity index (χ2v) is 7.83. The van der Waals surface area contributed by atoms with Crippen LogP contribution in [0, 0.1) is 0 Å². The van der Waals surface area contributed by atoms with E-state index in [0.29, 0.717) is 13.2 Å². The maximum Gasteiger partial charge on any atom is 0.0946 e. The molecule has 0 aliphatic carbocycles. The van der Waals surface area contributed by atoms with Crippen molar-refractivity contribution in [2.24, 2.45) is 0 Å². The molecule has 0 aromatic heterocycles. The van der Waals surface area contributed by atoms with Crippen LogP contribution in [0.15, 0.2) is 30.3 Å². The van der Waals surface area contributed by atoms with Gasteiger partial charge in [-0.25, -0.2) is 0 Å². The van der Waals surface area contributed by atoms with Crippen molar-refractivity contribution >= 4 is 0 Å². The molecule has 0 heterocycles. The number of aliphatic hydroxyl groups excluding tert-OH is 2. The number of ether oxygens (including phenoxy) is 1. The lowest BCUT2D eigenvalue weighted by molar-refractivity contribution is 0.0170. The third kappa shape index (κ3) is 13.3. The van der Waals surface area contributed by atoms with Gasteiger partial charge in [0, 0.05) is 13.2 Å². The third-order valence-electron chi connectivity index (χ3n) is 5.25. The minimum atomic E-state index is -0.805. The van der Waals surface area contributed by atoms with Crippen LogP contribution in [0.3, 0.4) is 0 Å². The predicted molar refractivity (Wildman–Crippen MR) is 117 cm³/mol. The Hall–Kier alpha value is -0.940. The molecule has 0 radical (unpaired) electrons. The monoisotopic (exact) mass is 393 g/mol. The Morgan fingerprint density at radius 1 is 0.857 bits per heavy atom. The maximum atomic E-state index is 9.99. The van der Waals surface area contributed by atoms with Crippen molar-refractivity contribution in [2.45, 2.75) is 96.2 Å². The molecule has 162 valence electrons. The fourth-order valence-corrected chi connectivity index (χ4v) is 3.36. The summed E-state index contributed by atoms with van der Waals surface area (Å²) in [5.41, 5.74) is 1.16. The molecule has 0 fully saturated rings. The van der Waals surface area contributed by atoms with E-state index in [4.69, 9.17) is 4.74 Å². The molecule has 3 N–H and O–H groups in total. The predicted octanol–water partition coefficient (Wildman–Crippen LogP) is 4.83. The van der Waals surface area contributed by atoms with E-state index in [-0.39, 0.29) is 12.6 Å². The highest BCUT2D eigenvalue weighted by Gasteiger charge is 2.18. The minimum absolute atomic E-state index is 0.252. The van der Waals surface area contributed by atoms with Gasteiger partial charge in [0.2, 0.25) is 0 Å². The SMILES string of the molecule is CCCCCCCCCCCCCOCC(NCc1ccccc1)C(O)CO. The zero-order valence-corrected chi connectivity index (χ0v) is 18.0. The van der Waals surface area contributed by atoms with Gasteiger partial charge in [0.05, 0.1) is 25.4 Å². The number of nitrogens with one attached hydrogen (secondary N) is 1. The van der Waals surface area contributed by atoms with Crippen LogP contribution in [-0.4, -0.2) is 42.2 Å². The molecule has 28 heavy (non-hydrogen) atoms. The van der Waals surface area contributed by atoms with Crippen molar-refractivity contribution in [1.82, 2.24) is 5.32 Å². The van der Waals surface area contributed by atoms with E-state index >= 15 is 0 Å². The Balaban J connectivity index is 2.00. The summed E-state index contributed by atoms with van der Waals surface area (Å²) in [6, 6.07) is 9.82. The topological polar surface area (TPSA) is 61.7 Å². The molecular weight excluding hydrogens is 350 g/mol. The minimum Gasteiger partial charge on any atom is -0.394 e. The first-order valence-corrected chi connectivity index (χ1v) is 11.4. The van der Waals surface area contributed by atoms with E-state index in [0.717, 1.165) is 18.6 Å². The van der Waals surface area contributed by atoms with Crippen LogP contribution in [0.4, 0.5) is 0 Å². The Morgan fingerprint density at radius 2 is 1.43 bits per heavy atom. The van der Waals surface area contributed by atoms with E-state index in [2.05, 4.69) is 12.2 Å². The maximum absolute atomic E-state index is 9.99. The lowest BCUT2D eigenvalue weighted by atomic mass is 10.1. The normalized spacial score (nSPS) is 13.5. The van der Waals surface area contributed by atoms with E-state index in [1.165, 1.54) is 64.2 Å². The van der Waals surface area contributed by atoms with Gasteiger partial charge in [0.1, 0.15) is 0 Å². The summed E-state index contributed by atoms with van der Waals surface area (Å²) in [5.74, 6) is 0. The molecule has 0 bridgehead atoms. The number of hydrogen-bond acceptors (Lipinski definition) is 4. The van der Waals surface area contributed by atoms with E-state index in [9.17, 15) is 10.2 Å². The zero-order chi connectivity index (χ0) is 20.3. The largest absolute Gasteiger partial charge is 0.394 e. The van der Waals surface area contributed by atoms with Gasteiger partial charge >= 0.3 is 0 Å². The summed E-state index contributed by atoms with van der Waals surface area (Å²) >= 11 is 0. The highest BCUT2D eigenvalue weighted by molar-refractivity contribution is 5.14. The molecule has 4 nitrogen and oxygen atoms in total. The van der Waals surface area contributed by atoms with Crippen LogP contribution in [0.2, 0.25) is 0 Å². The van der Waals surface area contributed by atoms with Gasteiger partial charge in [-0.15, -0.1) is 0 Å². The van der Waals surface area contributed by atoms with Gasteiger partial charge in [0.15, 0.2) is 0 Å². The molecule has 0 spiro atoms. The van der Waals surface area contributed by atoms with Crippen LogP contribution in [0.5, 0.6) is 0 Å². The fraction of sp³-hybridized carbons (Fsp3) is 0.750. The Labute approximate surface area is 172 Å². The van der Waals surface area contributed by atoms with Crippen LogP contribution < -0.4 is 5.32 Å². The summed E-state index contributed by atoms with van der Waals surface area (Å²) in [5, 5.41) is 22.6. The molecular formula is C24H43NO3. The van der Waals surface area contributed by atoms with Gasteiger partial charge in [-0.3, -0.25) is 0 Å². The van der Waals surface area contributed by atoms with E-state index in [1.807, 2.05) is 30.3 Å². The number of hydrogen-bond donors (Lipinski definition) is 3. The molecule has 4 heteroatoms. The molecule has 1 aromatic rings. The standard InChI is InChI=1S/C24H43NO3/c1-2-3-4-5-6-7-8-9-10-11-15-18-28-21-23(24(27)20-26)25-19-22-16-13-12-14-17-22/h12-14,16-17,23-27H,2-11,15,18-21H2,1H3. The number of unbranched alkanes of at least 4 members (excludes halogenated alkanes) is 10. The molecule has 0 amide bonds. The Bertz CT molecular complexity index is 441. The summed E-state index contributed by atoms with van der Waals surface area (Å²) in [6.07, 6.45) is 13.7.